The van der Waals surface area contributed by atoms with Gasteiger partial charge in [0.05, 0.1) is 6.54 Å². The summed E-state index contributed by atoms with van der Waals surface area (Å²) in [4.78, 5) is 21.3. The molecule has 6 nitrogen and oxygen atoms in total. The van der Waals surface area contributed by atoms with Crippen LogP contribution in [0.4, 0.5) is 0 Å². The zero-order valence-corrected chi connectivity index (χ0v) is 21.6. The number of hydrogen-bond acceptors (Lipinski definition) is 3. The average molecular weight is 537 g/mol. The summed E-state index contributed by atoms with van der Waals surface area (Å²) in [5.41, 5.74) is 4.17. The Kier molecular flexibility index (Phi) is 12.2. The molecular formula is C24H36IN5O. The van der Waals surface area contributed by atoms with Gasteiger partial charge < -0.3 is 20.4 Å². The van der Waals surface area contributed by atoms with Crippen molar-refractivity contribution in [1.29, 1.82) is 0 Å². The van der Waals surface area contributed by atoms with Crippen molar-refractivity contribution in [1.82, 2.24) is 20.4 Å². The number of aryl methyl sites for hydroxylation is 1. The molecule has 2 rings (SSSR count). The van der Waals surface area contributed by atoms with E-state index in [9.17, 15) is 4.79 Å². The van der Waals surface area contributed by atoms with Crippen molar-refractivity contribution in [3.63, 3.8) is 0 Å². The fraction of sp³-hybridized carbons (Fsp3) is 0.417. The number of amides is 1. The van der Waals surface area contributed by atoms with Crippen LogP contribution in [0.3, 0.4) is 0 Å². The molecule has 0 spiro atoms. The summed E-state index contributed by atoms with van der Waals surface area (Å²) in [6, 6.07) is 16.2. The predicted molar refractivity (Wildman–Crippen MR) is 140 cm³/mol. The van der Waals surface area contributed by atoms with Gasteiger partial charge in [0.2, 0.25) is 0 Å². The molecule has 0 aromatic heterocycles. The lowest BCUT2D eigenvalue weighted by molar-refractivity contribution is 0.0951. The Balaban J connectivity index is 0.00000480. The zero-order valence-electron chi connectivity index (χ0n) is 19.3. The lowest BCUT2D eigenvalue weighted by atomic mass is 10.1. The van der Waals surface area contributed by atoms with Gasteiger partial charge in [-0.25, -0.2) is 4.99 Å². The van der Waals surface area contributed by atoms with Gasteiger partial charge in [0, 0.05) is 38.8 Å². The lowest BCUT2D eigenvalue weighted by Crippen LogP contribution is -2.38. The Morgan fingerprint density at radius 2 is 1.71 bits per heavy atom. The summed E-state index contributed by atoms with van der Waals surface area (Å²) in [5.74, 6) is 0.796. The van der Waals surface area contributed by atoms with Crippen LogP contribution in [0.1, 0.15) is 34.0 Å². The number of likely N-dealkylation sites (N-methyl/N-ethyl adjacent to an activating group) is 1. The Bertz CT molecular complexity index is 836. The zero-order chi connectivity index (χ0) is 21.9. The summed E-state index contributed by atoms with van der Waals surface area (Å²) in [6.07, 6.45) is 0. The van der Waals surface area contributed by atoms with Crippen molar-refractivity contribution in [2.75, 3.05) is 40.8 Å². The van der Waals surface area contributed by atoms with E-state index in [1.165, 1.54) is 11.1 Å². The van der Waals surface area contributed by atoms with Crippen LogP contribution in [0.2, 0.25) is 0 Å². The van der Waals surface area contributed by atoms with E-state index < -0.39 is 0 Å². The lowest BCUT2D eigenvalue weighted by Gasteiger charge is -2.22. The topological polar surface area (TPSA) is 60.0 Å². The quantitative estimate of drug-likeness (QED) is 0.292. The number of nitrogens with zero attached hydrogens (tertiary/aromatic N) is 3. The second-order valence-electron chi connectivity index (χ2n) is 7.77. The highest BCUT2D eigenvalue weighted by atomic mass is 127. The third-order valence-electron chi connectivity index (χ3n) is 4.68. The highest BCUT2D eigenvalue weighted by molar-refractivity contribution is 14.0. The van der Waals surface area contributed by atoms with Gasteiger partial charge in [-0.15, -0.1) is 24.0 Å². The number of guanidine groups is 1. The molecule has 2 aromatic carbocycles. The molecule has 0 heterocycles. The molecule has 2 aromatic rings. The van der Waals surface area contributed by atoms with Gasteiger partial charge in [-0.1, -0.05) is 42.0 Å². The van der Waals surface area contributed by atoms with Crippen LogP contribution < -0.4 is 10.6 Å². The molecule has 170 valence electrons. The SMILES string of the molecule is CCNC(=NCc1cccc(C(=O)NCCN(C)C)c1)N(C)Cc1ccc(C)cc1.I. The maximum absolute atomic E-state index is 12.4. The number of carbonyl (C=O) groups is 1. The van der Waals surface area contributed by atoms with Gasteiger partial charge in [0.15, 0.2) is 5.96 Å². The molecule has 0 atom stereocenters. The van der Waals surface area contributed by atoms with E-state index in [0.29, 0.717) is 18.7 Å². The number of carbonyl (C=O) groups excluding carboxylic acids is 1. The molecule has 0 radical (unpaired) electrons. The largest absolute Gasteiger partial charge is 0.357 e. The molecule has 31 heavy (non-hydrogen) atoms. The molecule has 2 N–H and O–H groups in total. The first-order chi connectivity index (χ1) is 14.4. The van der Waals surface area contributed by atoms with Crippen LogP contribution in [0, 0.1) is 6.92 Å². The molecule has 0 fully saturated rings. The van der Waals surface area contributed by atoms with Crippen molar-refractivity contribution < 1.29 is 4.79 Å². The first-order valence-corrected chi connectivity index (χ1v) is 10.5. The van der Waals surface area contributed by atoms with E-state index in [4.69, 9.17) is 4.99 Å². The average Bonchev–Trinajstić information content (AvgIpc) is 2.72. The highest BCUT2D eigenvalue weighted by Gasteiger charge is 2.08. The number of nitrogens with one attached hydrogen (secondary N) is 2. The van der Waals surface area contributed by atoms with E-state index in [1.807, 2.05) is 50.3 Å². The van der Waals surface area contributed by atoms with E-state index >= 15 is 0 Å². The fourth-order valence-corrected chi connectivity index (χ4v) is 2.98. The van der Waals surface area contributed by atoms with Crippen molar-refractivity contribution in [3.05, 3.63) is 70.8 Å². The van der Waals surface area contributed by atoms with Crippen LogP contribution in [-0.2, 0) is 13.1 Å². The molecule has 0 saturated carbocycles. The molecule has 0 saturated heterocycles. The van der Waals surface area contributed by atoms with Crippen LogP contribution >= 0.6 is 24.0 Å². The Hall–Kier alpha value is -2.13. The Morgan fingerprint density at radius 1 is 1.00 bits per heavy atom. The van der Waals surface area contributed by atoms with Crippen molar-refractivity contribution in [3.8, 4) is 0 Å². The van der Waals surface area contributed by atoms with E-state index in [-0.39, 0.29) is 29.9 Å². The monoisotopic (exact) mass is 537 g/mol. The first kappa shape index (κ1) is 26.9. The van der Waals surface area contributed by atoms with E-state index in [2.05, 4.69) is 53.6 Å². The minimum Gasteiger partial charge on any atom is -0.357 e. The van der Waals surface area contributed by atoms with Gasteiger partial charge in [-0.3, -0.25) is 4.79 Å². The summed E-state index contributed by atoms with van der Waals surface area (Å²) < 4.78 is 0. The fourth-order valence-electron chi connectivity index (χ4n) is 2.98. The smallest absolute Gasteiger partial charge is 0.251 e. The first-order valence-electron chi connectivity index (χ1n) is 10.5. The molecule has 0 aliphatic heterocycles. The number of rotatable bonds is 9. The second-order valence-corrected chi connectivity index (χ2v) is 7.77. The highest BCUT2D eigenvalue weighted by Crippen LogP contribution is 2.09. The maximum atomic E-state index is 12.4. The second kappa shape index (κ2) is 14.0. The molecule has 0 unspecified atom stereocenters. The summed E-state index contributed by atoms with van der Waals surface area (Å²) in [7, 11) is 6.01. The normalized spacial score (nSPS) is 11.1. The molecule has 7 heteroatoms. The van der Waals surface area contributed by atoms with Crippen LogP contribution in [0.25, 0.3) is 0 Å². The van der Waals surface area contributed by atoms with Crippen LogP contribution in [0.5, 0.6) is 0 Å². The summed E-state index contributed by atoms with van der Waals surface area (Å²) in [6.45, 7) is 7.69. The summed E-state index contributed by atoms with van der Waals surface area (Å²) >= 11 is 0. The van der Waals surface area contributed by atoms with Crippen LogP contribution in [0.15, 0.2) is 53.5 Å². The summed E-state index contributed by atoms with van der Waals surface area (Å²) in [5, 5.41) is 6.31. The molecule has 0 bridgehead atoms. The van der Waals surface area contributed by atoms with Gasteiger partial charge in [0.25, 0.3) is 5.91 Å². The van der Waals surface area contributed by atoms with Gasteiger partial charge in [-0.05, 0) is 51.2 Å². The third kappa shape index (κ3) is 9.69. The Morgan fingerprint density at radius 3 is 2.35 bits per heavy atom. The number of hydrogen-bond donors (Lipinski definition) is 2. The number of halogens is 1. The van der Waals surface area contributed by atoms with Gasteiger partial charge in [-0.2, -0.15) is 0 Å². The molecular weight excluding hydrogens is 501 g/mol. The maximum Gasteiger partial charge on any atom is 0.251 e. The Labute approximate surface area is 204 Å². The predicted octanol–water partition coefficient (Wildman–Crippen LogP) is 3.50. The molecule has 0 aliphatic rings. The minimum absolute atomic E-state index is 0. The molecule has 1 amide bonds. The minimum atomic E-state index is -0.0499. The van der Waals surface area contributed by atoms with Crippen molar-refractivity contribution in [2.45, 2.75) is 26.9 Å². The van der Waals surface area contributed by atoms with Crippen molar-refractivity contribution >= 4 is 35.8 Å². The van der Waals surface area contributed by atoms with E-state index in [0.717, 1.165) is 31.2 Å². The molecule has 0 aliphatic carbocycles. The van der Waals surface area contributed by atoms with Gasteiger partial charge in [0.1, 0.15) is 0 Å². The van der Waals surface area contributed by atoms with Crippen molar-refractivity contribution in [2.24, 2.45) is 4.99 Å². The van der Waals surface area contributed by atoms with Gasteiger partial charge >= 0.3 is 0 Å². The third-order valence-corrected chi connectivity index (χ3v) is 4.68. The van der Waals surface area contributed by atoms with E-state index in [1.54, 1.807) is 0 Å². The standard InChI is InChI=1S/C24H35N5O.HI/c1-6-25-24(29(5)18-20-12-10-19(2)11-13-20)27-17-21-8-7-9-22(16-21)23(30)26-14-15-28(3)4;/h7-13,16H,6,14-15,17-18H2,1-5H3,(H,25,27)(H,26,30);1H. The number of aliphatic imine (C=N–C) groups is 1. The number of benzene rings is 2. The van der Waals surface area contributed by atoms with Crippen LogP contribution in [-0.4, -0.2) is 62.4 Å².